The summed E-state index contributed by atoms with van der Waals surface area (Å²) < 4.78 is 1.51. The highest BCUT2D eigenvalue weighted by atomic mass is 16.2. The van der Waals surface area contributed by atoms with E-state index in [0.29, 0.717) is 30.5 Å². The molecule has 1 fully saturated rings. The van der Waals surface area contributed by atoms with E-state index in [1.807, 2.05) is 0 Å². The summed E-state index contributed by atoms with van der Waals surface area (Å²) in [6.45, 7) is 0. The highest BCUT2D eigenvalue weighted by Crippen LogP contribution is 2.25. The molecule has 0 bridgehead atoms. The minimum atomic E-state index is -0.256. The monoisotopic (exact) mass is 382 g/mol. The maximum absolute atomic E-state index is 12.6. The van der Waals surface area contributed by atoms with E-state index in [-0.39, 0.29) is 35.4 Å². The van der Waals surface area contributed by atoms with Gasteiger partial charge in [0.25, 0.3) is 11.5 Å². The molecule has 3 unspecified atom stereocenters. The van der Waals surface area contributed by atoms with Gasteiger partial charge in [-0.05, 0) is 49.6 Å². The Balaban J connectivity index is 1.63. The Morgan fingerprint density at radius 2 is 1.82 bits per heavy atom. The molecule has 1 aliphatic carbocycles. The van der Waals surface area contributed by atoms with E-state index < -0.39 is 0 Å². The first-order valence-electron chi connectivity index (χ1n) is 9.42. The van der Waals surface area contributed by atoms with Crippen LogP contribution in [0.5, 0.6) is 0 Å². The molecule has 0 aliphatic heterocycles. The molecule has 1 aromatic heterocycles. The number of nitrogens with one attached hydrogen (secondary N) is 1. The van der Waals surface area contributed by atoms with Crippen molar-refractivity contribution in [2.75, 3.05) is 14.1 Å². The molecule has 148 valence electrons. The van der Waals surface area contributed by atoms with Crippen molar-refractivity contribution in [2.24, 2.45) is 11.7 Å². The van der Waals surface area contributed by atoms with Crippen LogP contribution in [0.2, 0.25) is 0 Å². The second kappa shape index (κ2) is 8.39. The number of hydrogen-bond donors (Lipinski definition) is 2. The fourth-order valence-electron chi connectivity index (χ4n) is 3.64. The van der Waals surface area contributed by atoms with E-state index in [4.69, 9.17) is 5.73 Å². The largest absolute Gasteiger partial charge is 0.349 e. The summed E-state index contributed by atoms with van der Waals surface area (Å²) in [5.74, 6) is -0.196. The molecule has 0 radical (unpaired) electrons. The number of amides is 2. The third-order valence-corrected chi connectivity index (χ3v) is 5.24. The van der Waals surface area contributed by atoms with Crippen LogP contribution in [0.3, 0.4) is 0 Å². The number of hydrogen-bond acceptors (Lipinski definition) is 4. The summed E-state index contributed by atoms with van der Waals surface area (Å²) in [5, 5.41) is 2.99. The maximum Gasteiger partial charge on any atom is 0.255 e. The van der Waals surface area contributed by atoms with Gasteiger partial charge in [-0.15, -0.1) is 0 Å². The Morgan fingerprint density at radius 3 is 2.43 bits per heavy atom. The van der Waals surface area contributed by atoms with Crippen molar-refractivity contribution in [1.29, 1.82) is 0 Å². The molecule has 28 heavy (non-hydrogen) atoms. The minimum absolute atomic E-state index is 0.0818. The van der Waals surface area contributed by atoms with Gasteiger partial charge in [-0.25, -0.2) is 0 Å². The summed E-state index contributed by atoms with van der Waals surface area (Å²) in [6.07, 6.45) is 3.64. The van der Waals surface area contributed by atoms with E-state index in [0.717, 1.165) is 0 Å². The molecule has 1 aromatic carbocycles. The second-order valence-electron chi connectivity index (χ2n) is 7.44. The van der Waals surface area contributed by atoms with Crippen LogP contribution in [0.1, 0.15) is 29.6 Å². The number of nitrogens with two attached hydrogens (primary N) is 1. The lowest BCUT2D eigenvalue weighted by molar-refractivity contribution is -0.134. The van der Waals surface area contributed by atoms with Crippen LogP contribution in [-0.4, -0.2) is 47.5 Å². The van der Waals surface area contributed by atoms with Gasteiger partial charge < -0.3 is 16.0 Å². The highest BCUT2D eigenvalue weighted by molar-refractivity contribution is 5.94. The number of benzene rings is 1. The summed E-state index contributed by atoms with van der Waals surface area (Å²) in [7, 11) is 3.49. The van der Waals surface area contributed by atoms with E-state index in [2.05, 4.69) is 5.32 Å². The van der Waals surface area contributed by atoms with Gasteiger partial charge in [-0.1, -0.05) is 6.07 Å². The number of rotatable bonds is 4. The van der Waals surface area contributed by atoms with Crippen LogP contribution in [0, 0.1) is 5.92 Å². The topological polar surface area (TPSA) is 97.4 Å². The Bertz CT molecular complexity index is 904. The van der Waals surface area contributed by atoms with Crippen molar-refractivity contribution in [3.63, 3.8) is 0 Å². The van der Waals surface area contributed by atoms with E-state index in [9.17, 15) is 14.4 Å². The lowest BCUT2D eigenvalue weighted by atomic mass is 9.82. The third-order valence-electron chi connectivity index (χ3n) is 5.24. The number of aromatic nitrogens is 1. The van der Waals surface area contributed by atoms with Crippen molar-refractivity contribution < 1.29 is 9.59 Å². The van der Waals surface area contributed by atoms with Crippen molar-refractivity contribution in [3.05, 3.63) is 64.6 Å². The molecule has 1 saturated carbocycles. The van der Waals surface area contributed by atoms with Crippen molar-refractivity contribution in [1.82, 2.24) is 14.8 Å². The van der Waals surface area contributed by atoms with Gasteiger partial charge in [0.05, 0.1) is 0 Å². The fourth-order valence-corrected chi connectivity index (χ4v) is 3.64. The first kappa shape index (κ1) is 19.8. The normalized spacial score (nSPS) is 21.8. The van der Waals surface area contributed by atoms with Crippen LogP contribution in [0.4, 0.5) is 0 Å². The summed E-state index contributed by atoms with van der Waals surface area (Å²) in [5.41, 5.74) is 7.30. The van der Waals surface area contributed by atoms with Gasteiger partial charge in [0.1, 0.15) is 0 Å². The molecular weight excluding hydrogens is 356 g/mol. The van der Waals surface area contributed by atoms with E-state index in [1.165, 1.54) is 10.6 Å². The van der Waals surface area contributed by atoms with Crippen LogP contribution >= 0.6 is 0 Å². The van der Waals surface area contributed by atoms with Crippen LogP contribution in [-0.2, 0) is 4.79 Å². The SMILES string of the molecule is CN(C)C(=O)C1CCC(NC(=O)c2ccc(-n3ccccc3=O)cc2)C(N)C1. The Hall–Kier alpha value is -2.93. The summed E-state index contributed by atoms with van der Waals surface area (Å²) in [4.78, 5) is 38.2. The molecule has 7 heteroatoms. The van der Waals surface area contributed by atoms with E-state index >= 15 is 0 Å². The average molecular weight is 382 g/mol. The minimum Gasteiger partial charge on any atom is -0.349 e. The summed E-state index contributed by atoms with van der Waals surface area (Å²) >= 11 is 0. The van der Waals surface area contributed by atoms with Crippen molar-refractivity contribution >= 4 is 11.8 Å². The van der Waals surface area contributed by atoms with Crippen LogP contribution < -0.4 is 16.6 Å². The smallest absolute Gasteiger partial charge is 0.255 e. The molecular formula is C21H26N4O3. The molecule has 3 rings (SSSR count). The van der Waals surface area contributed by atoms with Crippen LogP contribution in [0.15, 0.2) is 53.5 Å². The van der Waals surface area contributed by atoms with Gasteiger partial charge in [-0.3, -0.25) is 19.0 Å². The molecule has 0 saturated heterocycles. The Kier molecular flexibility index (Phi) is 5.94. The van der Waals surface area contributed by atoms with Crippen molar-refractivity contribution in [2.45, 2.75) is 31.3 Å². The number of nitrogens with zero attached hydrogens (tertiary/aromatic N) is 2. The van der Waals surface area contributed by atoms with Crippen molar-refractivity contribution in [3.8, 4) is 5.69 Å². The number of pyridine rings is 1. The molecule has 2 aromatic rings. The molecule has 3 atom stereocenters. The predicted octanol–water partition coefficient (Wildman–Crippen LogP) is 1.15. The Labute approximate surface area is 164 Å². The van der Waals surface area contributed by atoms with Crippen LogP contribution in [0.25, 0.3) is 5.69 Å². The molecule has 3 N–H and O–H groups in total. The van der Waals surface area contributed by atoms with Gasteiger partial charge in [-0.2, -0.15) is 0 Å². The highest BCUT2D eigenvalue weighted by Gasteiger charge is 2.33. The zero-order valence-electron chi connectivity index (χ0n) is 16.2. The summed E-state index contributed by atoms with van der Waals surface area (Å²) in [6, 6.07) is 11.4. The third kappa shape index (κ3) is 4.31. The molecule has 1 heterocycles. The zero-order chi connectivity index (χ0) is 20.3. The lowest BCUT2D eigenvalue weighted by Crippen LogP contribution is -2.52. The standard InChI is InChI=1S/C21H26N4O3/c1-24(2)21(28)15-8-11-18(17(22)13-15)23-20(27)14-6-9-16(10-7-14)25-12-4-3-5-19(25)26/h3-7,9-10,12,15,17-18H,8,11,13,22H2,1-2H3,(H,23,27). The van der Waals surface area contributed by atoms with E-state index in [1.54, 1.807) is 61.6 Å². The fraction of sp³-hybridized carbons (Fsp3) is 0.381. The number of carbonyl (C=O) groups excluding carboxylic acids is 2. The van der Waals surface area contributed by atoms with Gasteiger partial charge >= 0.3 is 0 Å². The number of carbonyl (C=O) groups is 2. The molecule has 7 nitrogen and oxygen atoms in total. The molecule has 1 aliphatic rings. The average Bonchev–Trinajstić information content (AvgIpc) is 2.69. The molecule has 0 spiro atoms. The second-order valence-corrected chi connectivity index (χ2v) is 7.44. The molecule has 2 amide bonds. The van der Waals surface area contributed by atoms with Gasteiger partial charge in [0, 0.05) is 55.6 Å². The first-order chi connectivity index (χ1) is 13.4. The maximum atomic E-state index is 12.6. The lowest BCUT2D eigenvalue weighted by Gasteiger charge is -2.34. The van der Waals surface area contributed by atoms with Gasteiger partial charge in [0.2, 0.25) is 5.91 Å². The van der Waals surface area contributed by atoms with Gasteiger partial charge in [0.15, 0.2) is 0 Å². The Morgan fingerprint density at radius 1 is 1.11 bits per heavy atom. The quantitative estimate of drug-likeness (QED) is 0.829. The predicted molar refractivity (Wildman–Crippen MR) is 107 cm³/mol. The first-order valence-corrected chi connectivity index (χ1v) is 9.42. The zero-order valence-corrected chi connectivity index (χ0v) is 16.2.